The Hall–Kier alpha value is -2.61. The molecule has 0 saturated carbocycles. The summed E-state index contributed by atoms with van der Waals surface area (Å²) < 4.78 is 3.92. The van der Waals surface area contributed by atoms with E-state index in [1.807, 2.05) is 40.7 Å². The van der Waals surface area contributed by atoms with Crippen molar-refractivity contribution in [3.05, 3.63) is 24.4 Å². The molecular weight excluding hydrogens is 368 g/mol. The maximum Gasteiger partial charge on any atom is 0.229 e. The van der Waals surface area contributed by atoms with E-state index in [-0.39, 0.29) is 11.8 Å². The van der Waals surface area contributed by atoms with Crippen LogP contribution in [-0.4, -0.2) is 63.8 Å². The highest BCUT2D eigenvalue weighted by molar-refractivity contribution is 5.94. The van der Waals surface area contributed by atoms with E-state index in [1.54, 1.807) is 4.90 Å². The number of aromatic nitrogens is 3. The van der Waals surface area contributed by atoms with Crippen LogP contribution in [0.2, 0.25) is 0 Å². The summed E-state index contributed by atoms with van der Waals surface area (Å²) >= 11 is 0. The molecule has 4 rings (SSSR count). The Morgan fingerprint density at radius 3 is 2.79 bits per heavy atom. The first-order valence-electron chi connectivity index (χ1n) is 10.6. The minimum Gasteiger partial charge on any atom is -0.355 e. The van der Waals surface area contributed by atoms with Gasteiger partial charge in [0.25, 0.3) is 0 Å². The summed E-state index contributed by atoms with van der Waals surface area (Å²) in [7, 11) is 1.99. The smallest absolute Gasteiger partial charge is 0.229 e. The van der Waals surface area contributed by atoms with Gasteiger partial charge in [-0.15, -0.1) is 0 Å². The minimum atomic E-state index is 0.0617. The number of anilines is 1. The number of likely N-dealkylation sites (tertiary alicyclic amines) is 1. The summed E-state index contributed by atoms with van der Waals surface area (Å²) in [5, 5.41) is 7.68. The number of hydrogen-bond acceptors (Lipinski definition) is 4. The molecule has 0 aliphatic carbocycles. The highest BCUT2D eigenvalue weighted by Crippen LogP contribution is 2.28. The van der Waals surface area contributed by atoms with Gasteiger partial charge in [0.05, 0.1) is 12.2 Å². The van der Waals surface area contributed by atoms with E-state index in [0.29, 0.717) is 38.9 Å². The Morgan fingerprint density at radius 2 is 2.03 bits per heavy atom. The van der Waals surface area contributed by atoms with Gasteiger partial charge in [-0.3, -0.25) is 14.5 Å². The predicted octanol–water partition coefficient (Wildman–Crippen LogP) is 1.62. The van der Waals surface area contributed by atoms with Crippen molar-refractivity contribution in [1.29, 1.82) is 0 Å². The van der Waals surface area contributed by atoms with Crippen LogP contribution in [0.5, 0.6) is 0 Å². The first-order chi connectivity index (χ1) is 14.1. The molecule has 8 heteroatoms. The minimum absolute atomic E-state index is 0.0617. The molecule has 0 spiro atoms. The molecule has 0 unspecified atom stereocenters. The van der Waals surface area contributed by atoms with Crippen LogP contribution < -0.4 is 10.2 Å². The van der Waals surface area contributed by atoms with E-state index in [1.165, 1.54) is 12.8 Å². The summed E-state index contributed by atoms with van der Waals surface area (Å²) in [6.45, 7) is 5.06. The van der Waals surface area contributed by atoms with Crippen LogP contribution in [0.3, 0.4) is 0 Å². The molecule has 0 radical (unpaired) electrons. The second-order valence-electron chi connectivity index (χ2n) is 7.91. The molecule has 0 bridgehead atoms. The van der Waals surface area contributed by atoms with E-state index >= 15 is 0 Å². The Balaban J connectivity index is 1.30. The van der Waals surface area contributed by atoms with Crippen molar-refractivity contribution >= 4 is 17.6 Å². The molecule has 156 valence electrons. The fourth-order valence-corrected chi connectivity index (χ4v) is 4.19. The highest BCUT2D eigenvalue weighted by Gasteiger charge is 2.26. The van der Waals surface area contributed by atoms with Gasteiger partial charge in [0.15, 0.2) is 0 Å². The van der Waals surface area contributed by atoms with Crippen LogP contribution in [0, 0.1) is 0 Å². The molecule has 2 aromatic heterocycles. The van der Waals surface area contributed by atoms with Gasteiger partial charge in [-0.05, 0) is 44.5 Å². The topological polar surface area (TPSA) is 75.4 Å². The molecule has 0 aromatic carbocycles. The number of nitrogens with zero attached hydrogens (tertiary/aromatic N) is 5. The molecule has 4 heterocycles. The number of rotatable bonds is 8. The lowest BCUT2D eigenvalue weighted by Gasteiger charge is -2.27. The van der Waals surface area contributed by atoms with Crippen molar-refractivity contribution in [2.45, 2.75) is 38.6 Å². The van der Waals surface area contributed by atoms with Gasteiger partial charge in [0.1, 0.15) is 11.5 Å². The van der Waals surface area contributed by atoms with Crippen LogP contribution in [0.15, 0.2) is 24.4 Å². The molecule has 1 fully saturated rings. The van der Waals surface area contributed by atoms with Gasteiger partial charge in [-0.1, -0.05) is 0 Å². The lowest BCUT2D eigenvalue weighted by atomic mass is 10.2. The van der Waals surface area contributed by atoms with Crippen molar-refractivity contribution in [1.82, 2.24) is 24.6 Å². The molecule has 2 amide bonds. The molecule has 2 aromatic rings. The number of nitrogens with one attached hydrogen (secondary N) is 1. The number of carbonyl (C=O) groups excluding carboxylic acids is 2. The third kappa shape index (κ3) is 4.53. The van der Waals surface area contributed by atoms with Crippen LogP contribution >= 0.6 is 0 Å². The summed E-state index contributed by atoms with van der Waals surface area (Å²) in [6.07, 6.45) is 6.04. The maximum atomic E-state index is 12.5. The highest BCUT2D eigenvalue weighted by atomic mass is 16.2. The fourth-order valence-electron chi connectivity index (χ4n) is 4.19. The summed E-state index contributed by atoms with van der Waals surface area (Å²) in [4.78, 5) is 28.8. The average Bonchev–Trinajstić information content (AvgIpc) is 3.44. The number of fused-ring (bicyclic) bond motifs is 1. The summed E-state index contributed by atoms with van der Waals surface area (Å²) in [5.41, 5.74) is 1.89. The summed E-state index contributed by atoms with van der Waals surface area (Å²) in [5.74, 6) is 0.990. The van der Waals surface area contributed by atoms with Crippen LogP contribution in [0.4, 0.5) is 5.82 Å². The lowest BCUT2D eigenvalue weighted by Crippen LogP contribution is -2.39. The van der Waals surface area contributed by atoms with Gasteiger partial charge < -0.3 is 14.8 Å². The predicted molar refractivity (Wildman–Crippen MR) is 112 cm³/mol. The van der Waals surface area contributed by atoms with E-state index in [9.17, 15) is 9.59 Å². The molecule has 1 N–H and O–H groups in total. The van der Waals surface area contributed by atoms with Crippen LogP contribution in [-0.2, 0) is 23.2 Å². The van der Waals surface area contributed by atoms with Gasteiger partial charge in [-0.25, -0.2) is 4.68 Å². The quantitative estimate of drug-likeness (QED) is 0.733. The van der Waals surface area contributed by atoms with Crippen molar-refractivity contribution in [3.63, 3.8) is 0 Å². The first-order valence-corrected chi connectivity index (χ1v) is 10.6. The first kappa shape index (κ1) is 19.7. The standard InChI is InChI=1S/C21H30N6O2/c1-24-10-4-6-18(24)17-16-20-26(21(29)8-14-27(20)23-17)13-5-7-19(28)22-9-15-25-11-2-3-12-25/h4,6,10,16H,2-3,5,7-9,11-15H2,1H3,(H,22,28). The Morgan fingerprint density at radius 1 is 1.21 bits per heavy atom. The van der Waals surface area contributed by atoms with E-state index < -0.39 is 0 Å². The number of amides is 2. The Kier molecular flexibility index (Phi) is 5.99. The Bertz CT molecular complexity index is 864. The largest absolute Gasteiger partial charge is 0.355 e. The van der Waals surface area contributed by atoms with Gasteiger partial charge in [-0.2, -0.15) is 5.10 Å². The van der Waals surface area contributed by atoms with Gasteiger partial charge >= 0.3 is 0 Å². The number of hydrogen-bond donors (Lipinski definition) is 1. The van der Waals surface area contributed by atoms with Crippen LogP contribution in [0.25, 0.3) is 11.4 Å². The second kappa shape index (κ2) is 8.82. The third-order valence-electron chi connectivity index (χ3n) is 5.81. The van der Waals surface area contributed by atoms with Gasteiger partial charge in [0.2, 0.25) is 11.8 Å². The van der Waals surface area contributed by atoms with Crippen molar-refractivity contribution < 1.29 is 9.59 Å². The van der Waals surface area contributed by atoms with E-state index in [2.05, 4.69) is 15.3 Å². The molecule has 29 heavy (non-hydrogen) atoms. The number of carbonyl (C=O) groups is 2. The van der Waals surface area contributed by atoms with Crippen molar-refractivity contribution in [3.8, 4) is 11.4 Å². The molecule has 0 atom stereocenters. The monoisotopic (exact) mass is 398 g/mol. The second-order valence-corrected chi connectivity index (χ2v) is 7.91. The summed E-state index contributed by atoms with van der Waals surface area (Å²) in [6, 6.07) is 5.98. The van der Waals surface area contributed by atoms with E-state index in [4.69, 9.17) is 0 Å². The normalized spacial score (nSPS) is 17.0. The third-order valence-corrected chi connectivity index (χ3v) is 5.81. The zero-order valence-corrected chi connectivity index (χ0v) is 17.1. The maximum absolute atomic E-state index is 12.5. The SMILES string of the molecule is Cn1cccc1-c1cc2n(n1)CCC(=O)N2CCCC(=O)NCCN1CCCC1. The van der Waals surface area contributed by atoms with Crippen LogP contribution in [0.1, 0.15) is 32.1 Å². The zero-order valence-electron chi connectivity index (χ0n) is 17.1. The lowest BCUT2D eigenvalue weighted by molar-refractivity contribution is -0.122. The van der Waals surface area contributed by atoms with Gasteiger partial charge in [0, 0.05) is 51.8 Å². The molecule has 2 aliphatic heterocycles. The molecule has 8 nitrogen and oxygen atoms in total. The fraction of sp³-hybridized carbons (Fsp3) is 0.571. The molecule has 1 saturated heterocycles. The number of aryl methyl sites for hydroxylation is 2. The van der Waals surface area contributed by atoms with Crippen molar-refractivity contribution in [2.24, 2.45) is 7.05 Å². The van der Waals surface area contributed by atoms with E-state index in [0.717, 1.165) is 36.8 Å². The molecular formula is C21H30N6O2. The Labute approximate surface area is 171 Å². The molecule has 2 aliphatic rings. The zero-order chi connectivity index (χ0) is 20.2. The average molecular weight is 399 g/mol. The van der Waals surface area contributed by atoms with Crippen molar-refractivity contribution in [2.75, 3.05) is 37.6 Å².